The Morgan fingerprint density at radius 1 is 1.03 bits per heavy atom. The molecule has 2 fully saturated rings. The van der Waals surface area contributed by atoms with Gasteiger partial charge in [0, 0.05) is 30.4 Å². The summed E-state index contributed by atoms with van der Waals surface area (Å²) in [4.78, 5) is 30.4. The normalized spacial score (nSPS) is 21.9. The van der Waals surface area contributed by atoms with Crippen LogP contribution in [0, 0.1) is 5.82 Å². The van der Waals surface area contributed by atoms with Crippen molar-refractivity contribution in [2.45, 2.75) is 43.6 Å². The lowest BCUT2D eigenvalue weighted by Gasteiger charge is -2.25. The second kappa shape index (κ2) is 8.05. The van der Waals surface area contributed by atoms with E-state index in [1.165, 1.54) is 24.5 Å². The molecule has 2 aromatic heterocycles. The Morgan fingerprint density at radius 3 is 2.52 bits per heavy atom. The van der Waals surface area contributed by atoms with E-state index in [9.17, 15) is 22.4 Å². The van der Waals surface area contributed by atoms with Gasteiger partial charge in [0.2, 0.25) is 5.88 Å². The molecule has 2 aliphatic rings. The van der Waals surface area contributed by atoms with Crippen LogP contribution >= 0.6 is 0 Å². The molecule has 0 aliphatic carbocycles. The zero-order chi connectivity index (χ0) is 23.2. The minimum atomic E-state index is -4.60. The van der Waals surface area contributed by atoms with Crippen molar-refractivity contribution < 1.29 is 27.1 Å². The summed E-state index contributed by atoms with van der Waals surface area (Å²) in [6, 6.07) is 5.37. The number of carbonyl (C=O) groups excluding carboxylic acids is 1. The molecule has 0 spiro atoms. The lowest BCUT2D eigenvalue weighted by molar-refractivity contribution is -0.141. The smallest absolute Gasteiger partial charge is 0.434 e. The highest BCUT2D eigenvalue weighted by atomic mass is 19.4. The number of hydrogen-bond acceptors (Lipinski definition) is 6. The molecule has 5 rings (SSSR count). The van der Waals surface area contributed by atoms with Crippen LogP contribution in [0.1, 0.15) is 35.3 Å². The molecule has 2 aliphatic heterocycles. The first kappa shape index (κ1) is 21.2. The maximum Gasteiger partial charge on any atom is 0.434 e. The Hall–Kier alpha value is -3.63. The van der Waals surface area contributed by atoms with E-state index in [0.29, 0.717) is 19.0 Å². The van der Waals surface area contributed by atoms with Crippen LogP contribution in [0.15, 0.2) is 49.1 Å². The van der Waals surface area contributed by atoms with Gasteiger partial charge in [-0.2, -0.15) is 13.2 Å². The second-order valence-electron chi connectivity index (χ2n) is 7.88. The Morgan fingerprint density at radius 2 is 1.82 bits per heavy atom. The first-order valence-electron chi connectivity index (χ1n) is 10.3. The first-order valence-corrected chi connectivity index (χ1v) is 10.3. The maximum atomic E-state index is 14.8. The maximum absolute atomic E-state index is 14.8. The van der Waals surface area contributed by atoms with Gasteiger partial charge in [0.1, 0.15) is 11.9 Å². The monoisotopic (exact) mass is 459 g/mol. The molecule has 2 bridgehead atoms. The van der Waals surface area contributed by atoms with Crippen molar-refractivity contribution in [3.63, 3.8) is 0 Å². The highest BCUT2D eigenvalue weighted by Crippen LogP contribution is 2.41. The molecule has 0 N–H and O–H groups in total. The van der Waals surface area contributed by atoms with Crippen LogP contribution in [0.2, 0.25) is 0 Å². The average molecular weight is 459 g/mol. The number of ether oxygens (including phenoxy) is 1. The molecule has 0 saturated carbocycles. The lowest BCUT2D eigenvalue weighted by Crippen LogP contribution is -2.40. The van der Waals surface area contributed by atoms with Gasteiger partial charge in [-0.05, 0) is 25.0 Å². The molecule has 170 valence electrons. The number of aromatic nitrogens is 4. The summed E-state index contributed by atoms with van der Waals surface area (Å²) in [6.45, 7) is 0. The van der Waals surface area contributed by atoms with Gasteiger partial charge in [-0.15, -0.1) is 0 Å². The number of benzene rings is 1. The van der Waals surface area contributed by atoms with Gasteiger partial charge in [-0.1, -0.05) is 12.1 Å². The van der Waals surface area contributed by atoms with Crippen LogP contribution in [0.3, 0.4) is 0 Å². The standard InChI is InChI=1S/C22H17F4N5O2/c23-14-4-1-3-13(20-27-7-2-8-28-20)19(14)21(32)31-12-5-6-15(31)16(9-12)33-18-11-29-17(10-30-18)22(24,25)26/h1-4,7-8,10-12,15-16H,5-6,9H2. The van der Waals surface area contributed by atoms with Crippen LogP contribution in [-0.4, -0.2) is 48.9 Å². The van der Waals surface area contributed by atoms with Crippen LogP contribution < -0.4 is 4.74 Å². The van der Waals surface area contributed by atoms with Crippen molar-refractivity contribution in [2.75, 3.05) is 0 Å². The molecule has 4 heterocycles. The van der Waals surface area contributed by atoms with Gasteiger partial charge in [-0.3, -0.25) is 4.79 Å². The molecule has 3 atom stereocenters. The van der Waals surface area contributed by atoms with Crippen molar-refractivity contribution in [3.8, 4) is 17.3 Å². The Balaban J connectivity index is 1.39. The summed E-state index contributed by atoms with van der Waals surface area (Å²) >= 11 is 0. The predicted octanol–water partition coefficient (Wildman–Crippen LogP) is 3.92. The molecular formula is C22H17F4N5O2. The van der Waals surface area contributed by atoms with Gasteiger partial charge < -0.3 is 9.64 Å². The SMILES string of the molecule is O=C(c1c(F)cccc1-c1ncccn1)N1C2CCC1C(Oc1cnc(C(F)(F)F)cn1)C2. The number of nitrogens with zero attached hydrogens (tertiary/aromatic N) is 5. The minimum absolute atomic E-state index is 0.0581. The molecule has 1 aromatic carbocycles. The van der Waals surface area contributed by atoms with Crippen molar-refractivity contribution in [1.29, 1.82) is 0 Å². The van der Waals surface area contributed by atoms with Gasteiger partial charge >= 0.3 is 6.18 Å². The van der Waals surface area contributed by atoms with E-state index in [4.69, 9.17) is 4.74 Å². The van der Waals surface area contributed by atoms with Crippen LogP contribution in [0.4, 0.5) is 17.6 Å². The topological polar surface area (TPSA) is 81.1 Å². The molecule has 11 heteroatoms. The highest BCUT2D eigenvalue weighted by molar-refractivity contribution is 6.01. The quantitative estimate of drug-likeness (QED) is 0.551. The van der Waals surface area contributed by atoms with Crippen molar-refractivity contribution in [3.05, 3.63) is 66.1 Å². The van der Waals surface area contributed by atoms with Crippen LogP contribution in [0.25, 0.3) is 11.4 Å². The largest absolute Gasteiger partial charge is 0.471 e. The van der Waals surface area contributed by atoms with Gasteiger partial charge in [0.25, 0.3) is 5.91 Å². The zero-order valence-corrected chi connectivity index (χ0v) is 17.0. The average Bonchev–Trinajstić information content (AvgIpc) is 3.37. The molecular weight excluding hydrogens is 442 g/mol. The fraction of sp³-hybridized carbons (Fsp3) is 0.318. The number of fused-ring (bicyclic) bond motifs is 2. The van der Waals surface area contributed by atoms with Crippen molar-refractivity contribution in [2.24, 2.45) is 0 Å². The first-order chi connectivity index (χ1) is 15.8. The summed E-state index contributed by atoms with van der Waals surface area (Å²) in [7, 11) is 0. The number of rotatable bonds is 4. The number of amides is 1. The minimum Gasteiger partial charge on any atom is -0.471 e. The molecule has 33 heavy (non-hydrogen) atoms. The molecule has 2 saturated heterocycles. The fourth-order valence-electron chi connectivity index (χ4n) is 4.55. The zero-order valence-electron chi connectivity index (χ0n) is 17.0. The number of hydrogen-bond donors (Lipinski definition) is 0. The van der Waals surface area contributed by atoms with E-state index >= 15 is 0 Å². The summed E-state index contributed by atoms with van der Waals surface area (Å²) < 4.78 is 58.8. The predicted molar refractivity (Wildman–Crippen MR) is 106 cm³/mol. The van der Waals surface area contributed by atoms with Crippen LogP contribution in [-0.2, 0) is 6.18 Å². The van der Waals surface area contributed by atoms with E-state index in [0.717, 1.165) is 12.6 Å². The molecule has 1 amide bonds. The van der Waals surface area contributed by atoms with E-state index in [1.54, 1.807) is 17.0 Å². The second-order valence-corrected chi connectivity index (χ2v) is 7.88. The summed E-state index contributed by atoms with van der Waals surface area (Å²) in [5, 5.41) is 0. The van der Waals surface area contributed by atoms with Crippen LogP contribution in [0.5, 0.6) is 5.88 Å². The Labute approximate surface area is 185 Å². The van der Waals surface area contributed by atoms with Gasteiger partial charge in [-0.25, -0.2) is 24.3 Å². The third kappa shape index (κ3) is 3.87. The fourth-order valence-corrected chi connectivity index (χ4v) is 4.55. The van der Waals surface area contributed by atoms with Crippen molar-refractivity contribution in [1.82, 2.24) is 24.8 Å². The number of carbonyl (C=O) groups is 1. The Bertz CT molecular complexity index is 1170. The molecule has 7 nitrogen and oxygen atoms in total. The van der Waals surface area contributed by atoms with E-state index in [-0.39, 0.29) is 34.9 Å². The van der Waals surface area contributed by atoms with E-state index in [1.807, 2.05) is 0 Å². The third-order valence-corrected chi connectivity index (χ3v) is 5.94. The summed E-state index contributed by atoms with van der Waals surface area (Å²) in [6.07, 6.45) is 1.28. The summed E-state index contributed by atoms with van der Waals surface area (Å²) in [5.74, 6) is -0.994. The van der Waals surface area contributed by atoms with E-state index < -0.39 is 29.7 Å². The van der Waals surface area contributed by atoms with Gasteiger partial charge in [0.15, 0.2) is 11.5 Å². The number of alkyl halides is 3. The summed E-state index contributed by atoms with van der Waals surface area (Å²) in [5.41, 5.74) is -0.941. The van der Waals surface area contributed by atoms with Crippen molar-refractivity contribution >= 4 is 5.91 Å². The lowest BCUT2D eigenvalue weighted by atomic mass is 9.98. The highest BCUT2D eigenvalue weighted by Gasteiger charge is 2.51. The van der Waals surface area contributed by atoms with Gasteiger partial charge in [0.05, 0.1) is 24.0 Å². The van der Waals surface area contributed by atoms with E-state index in [2.05, 4.69) is 19.9 Å². The molecule has 3 unspecified atom stereocenters. The third-order valence-electron chi connectivity index (χ3n) is 5.94. The number of halogens is 4. The molecule has 0 radical (unpaired) electrons. The molecule has 3 aromatic rings. The Kier molecular flexibility index (Phi) is 5.18.